The molecule has 0 unspecified atom stereocenters. The summed E-state index contributed by atoms with van der Waals surface area (Å²) in [7, 11) is 6.74. The molecule has 1 aliphatic heterocycles. The van der Waals surface area contributed by atoms with Crippen LogP contribution in [-0.2, 0) is 17.6 Å². The molecule has 1 fully saturated rings. The molecule has 15 rings (SSSR count). The van der Waals surface area contributed by atoms with Crippen LogP contribution in [0.25, 0.3) is 46.1 Å². The van der Waals surface area contributed by atoms with Crippen molar-refractivity contribution >= 4 is 75.8 Å². The van der Waals surface area contributed by atoms with E-state index in [1.165, 1.54) is 0 Å². The maximum Gasteiger partial charge on any atom is 0.266 e. The highest BCUT2D eigenvalue weighted by Gasteiger charge is 2.20. The second kappa shape index (κ2) is 39.7. The van der Waals surface area contributed by atoms with Gasteiger partial charge in [-0.05, 0) is 121 Å². The lowest BCUT2D eigenvalue weighted by molar-refractivity contribution is 0.122. The molecule has 566 valence electrons. The number of aromatic nitrogens is 14. The Morgan fingerprint density at radius 2 is 1.00 bits per heavy atom. The van der Waals surface area contributed by atoms with E-state index in [1.807, 2.05) is 189 Å². The molecule has 1 aliphatic rings. The summed E-state index contributed by atoms with van der Waals surface area (Å²) in [6.07, 6.45) is 12.5. The van der Waals surface area contributed by atoms with Crippen molar-refractivity contribution in [2.24, 2.45) is 5.10 Å². The molecule has 10 heterocycles. The first-order valence-electron chi connectivity index (χ1n) is 34.8. The molecule has 0 atom stereocenters. The summed E-state index contributed by atoms with van der Waals surface area (Å²) in [4.78, 5) is 64.7. The maximum atomic E-state index is 9.70. The van der Waals surface area contributed by atoms with Gasteiger partial charge < -0.3 is 61.5 Å². The van der Waals surface area contributed by atoms with Crippen LogP contribution in [0.4, 0.5) is 46.4 Å². The van der Waals surface area contributed by atoms with Gasteiger partial charge in [-0.15, -0.1) is 0 Å². The Hall–Kier alpha value is -14.1. The van der Waals surface area contributed by atoms with E-state index in [4.69, 9.17) is 69.8 Å². The van der Waals surface area contributed by atoms with Gasteiger partial charge in [-0.1, -0.05) is 120 Å². The van der Waals surface area contributed by atoms with Gasteiger partial charge in [0.2, 0.25) is 0 Å². The van der Waals surface area contributed by atoms with Gasteiger partial charge in [-0.25, -0.2) is 44.9 Å². The number of morpholine rings is 1. The normalized spacial score (nSPS) is 11.4. The number of ether oxygens (including phenoxy) is 5. The zero-order valence-corrected chi connectivity index (χ0v) is 63.1. The minimum absolute atomic E-state index is 0.186. The van der Waals surface area contributed by atoms with Crippen molar-refractivity contribution < 1.29 is 28.8 Å². The largest absolute Gasteiger partial charge is 0.507 e. The predicted octanol–water partition coefficient (Wildman–Crippen LogP) is 14.3. The highest BCUT2D eigenvalue weighted by Crippen LogP contribution is 2.35. The molecule has 5 aromatic carbocycles. The number of hydrogen-bond acceptors (Lipinski definition) is 28. The summed E-state index contributed by atoms with van der Waals surface area (Å²) in [5.74, 6) is 9.14. The number of para-hydroxylation sites is 4. The average molecular weight is 1540 g/mol. The average Bonchev–Trinajstić information content (AvgIpc) is 0.869. The Balaban J connectivity index is 0.000000138. The van der Waals surface area contributed by atoms with Gasteiger partial charge >= 0.3 is 0 Å². The minimum atomic E-state index is 0.186. The van der Waals surface area contributed by atoms with E-state index in [-0.39, 0.29) is 5.75 Å². The van der Waals surface area contributed by atoms with Gasteiger partial charge in [0.1, 0.15) is 74.9 Å². The van der Waals surface area contributed by atoms with E-state index in [0.29, 0.717) is 157 Å². The first kappa shape index (κ1) is 79.0. The maximum absolute atomic E-state index is 9.70. The molecule has 0 saturated carbocycles. The number of hydrogen-bond donors (Lipinski definition) is 6. The quantitative estimate of drug-likeness (QED) is 0.0323. The van der Waals surface area contributed by atoms with Crippen molar-refractivity contribution in [2.75, 3.05) is 92.8 Å². The molecule has 1 saturated heterocycles. The van der Waals surface area contributed by atoms with Crippen molar-refractivity contribution in [1.82, 2.24) is 69.8 Å². The number of methoxy groups -OCH3 is 3. The van der Waals surface area contributed by atoms with Crippen molar-refractivity contribution in [1.29, 1.82) is 0 Å². The number of rotatable bonds is 19. The molecule has 0 amide bonds. The number of nitrogens with zero attached hydrogens (tertiary/aromatic N) is 17. The summed E-state index contributed by atoms with van der Waals surface area (Å²) >= 11 is 12.1. The third-order valence-corrected chi connectivity index (χ3v) is 17.0. The topological polar surface area (TPSA) is 382 Å². The number of phenolic OH excluding ortho intramolecular Hbond substituents is 1. The highest BCUT2D eigenvalue weighted by atomic mass is 35.5. The monoisotopic (exact) mass is 1540 g/mol. The lowest BCUT2D eigenvalue weighted by atomic mass is 10.0. The summed E-state index contributed by atoms with van der Waals surface area (Å²) < 4.78 is 27.1. The van der Waals surface area contributed by atoms with Crippen LogP contribution in [0.3, 0.4) is 0 Å². The van der Waals surface area contributed by atoms with Crippen LogP contribution < -0.4 is 57.1 Å². The zero-order chi connectivity index (χ0) is 78.6. The number of benzene rings is 5. The minimum Gasteiger partial charge on any atom is -0.507 e. The van der Waals surface area contributed by atoms with E-state index in [0.717, 1.165) is 47.2 Å². The van der Waals surface area contributed by atoms with Crippen molar-refractivity contribution in [3.8, 4) is 80.7 Å². The Morgan fingerprint density at radius 1 is 0.509 bits per heavy atom. The zero-order valence-electron chi connectivity index (χ0n) is 61.6. The van der Waals surface area contributed by atoms with E-state index >= 15 is 0 Å². The van der Waals surface area contributed by atoms with E-state index in [9.17, 15) is 5.11 Å². The molecule has 0 bridgehead atoms. The summed E-state index contributed by atoms with van der Waals surface area (Å²) in [5, 5.41) is 15.0. The van der Waals surface area contributed by atoms with E-state index in [2.05, 4.69) is 85.2 Å². The molecule has 112 heavy (non-hydrogen) atoms. The smallest absolute Gasteiger partial charge is 0.266 e. The summed E-state index contributed by atoms with van der Waals surface area (Å²) in [6, 6.07) is 63.4. The molecule has 0 spiro atoms. The Labute approximate surface area is 656 Å². The molecule has 10 N–H and O–H groups in total. The lowest BCUT2D eigenvalue weighted by Gasteiger charge is -2.28. The number of anilines is 8. The van der Waals surface area contributed by atoms with Gasteiger partial charge in [0.05, 0.1) is 53.2 Å². The molecule has 0 aliphatic carbocycles. The van der Waals surface area contributed by atoms with Crippen LogP contribution in [0.15, 0.2) is 249 Å². The molecule has 28 nitrogen and oxygen atoms in total. The number of halogens is 2. The van der Waals surface area contributed by atoms with E-state index < -0.39 is 0 Å². The molecule has 9 aromatic heterocycles. The third kappa shape index (κ3) is 21.8. The van der Waals surface area contributed by atoms with Crippen LogP contribution in [0.1, 0.15) is 33.6 Å². The second-order valence-electron chi connectivity index (χ2n) is 24.0. The van der Waals surface area contributed by atoms with Crippen LogP contribution in [0.2, 0.25) is 10.0 Å². The lowest BCUT2D eigenvalue weighted by Crippen LogP contribution is -2.36. The number of aryl methyl sites for hydroxylation is 1. The first-order chi connectivity index (χ1) is 54.6. The fraction of sp³-hybridized carbons (Fsp3) is 0.134. The Bertz CT molecular complexity index is 5340. The Kier molecular flexibility index (Phi) is 28.0. The third-order valence-electron chi connectivity index (χ3n) is 16.5. The van der Waals surface area contributed by atoms with Crippen LogP contribution in [-0.4, -0.2) is 136 Å². The standard InChI is InChI=1S/C17H17N5O.C17H16N4O.C16H13Cl2N5.C16H19N5O2.C16H13N3O2/c1-23-14-8-3-2-6-11(14)10-12-15(18)21-17(22-16(12)19)13-7-4-5-9-20-13;1-21(13-8-4-3-5-9-13)17-15(22-2)12-19-16(20-17)14-10-6-7-11-18-14;17-10-5-4-9(12(18)8-10)7-11-14(19)22-16(23-15(11)20)13-3-1-2-6-21-13;1-12-18-15(10-16(19-12)21-6-8-23-9-7-21)20-17-11-13-4-2-3-5-14(13)22;1-20-14-11-18-15(13-9-5-6-10-17-13)19-16(14)21-12-7-3-2-4-8-12/h2-9H,10H2,1H3,(H4,18,19,21,22);3-12H,1-2H3;1-6,8H,7H2,(H4,19,20,22,23);2-5,10-11,22H,6-9H2,1H3,(H,18,19,20);2-11H,1H3/b;;;17-11+;. The molecule has 14 aromatic rings. The van der Waals surface area contributed by atoms with E-state index in [1.54, 1.807) is 101 Å². The second-order valence-corrected chi connectivity index (χ2v) is 24.8. The van der Waals surface area contributed by atoms with Crippen molar-refractivity contribution in [3.05, 3.63) is 287 Å². The number of nitrogen functional groups attached to an aromatic ring is 4. The van der Waals surface area contributed by atoms with Crippen molar-refractivity contribution in [3.63, 3.8) is 0 Å². The van der Waals surface area contributed by atoms with Gasteiger partial charge in [0.25, 0.3) is 5.88 Å². The SMILES string of the molecule is COc1ccccc1Cc1c(N)nc(-c2ccccn2)nc1N.COc1cnc(-c2ccccn2)nc1N(C)c1ccccc1.COc1cnc(-c2ccccn2)nc1Oc1ccccc1.Cc1nc(N/N=C/c2ccccc2O)cc(N2CCOCC2)n1.Nc1nc(-c2ccccn2)nc(N)c1Cc1ccc(Cl)cc1Cl. The number of nitrogens with one attached hydrogen (secondary N) is 1. The van der Waals surface area contributed by atoms with Crippen LogP contribution in [0.5, 0.6) is 34.6 Å². The molecular formula is C82H78Cl2N22O6. The predicted molar refractivity (Wildman–Crippen MR) is 437 cm³/mol. The number of phenols is 1. The van der Waals surface area contributed by atoms with Crippen LogP contribution >= 0.6 is 23.2 Å². The molecule has 30 heteroatoms. The molecule has 0 radical (unpaired) electrons. The van der Waals surface area contributed by atoms with Crippen molar-refractivity contribution in [2.45, 2.75) is 19.8 Å². The van der Waals surface area contributed by atoms with Crippen LogP contribution in [0, 0.1) is 6.92 Å². The number of pyridine rings is 4. The summed E-state index contributed by atoms with van der Waals surface area (Å²) in [6.45, 7) is 4.89. The van der Waals surface area contributed by atoms with Gasteiger partial charge in [-0.2, -0.15) is 10.1 Å². The van der Waals surface area contributed by atoms with Gasteiger partial charge in [-0.3, -0.25) is 25.4 Å². The Morgan fingerprint density at radius 3 is 1.54 bits per heavy atom. The van der Waals surface area contributed by atoms with Gasteiger partial charge in [0, 0.05) is 96.3 Å². The number of nitrogens with two attached hydrogens (primary N) is 4. The number of aromatic hydroxyl groups is 1. The fourth-order valence-corrected chi connectivity index (χ4v) is 11.2. The fourth-order valence-electron chi connectivity index (χ4n) is 10.8. The number of hydrazone groups is 1. The highest BCUT2D eigenvalue weighted by molar-refractivity contribution is 6.35. The van der Waals surface area contributed by atoms with Gasteiger partial charge in [0.15, 0.2) is 46.4 Å². The molecular weight excluding hydrogens is 1460 g/mol. The summed E-state index contributed by atoms with van der Waals surface area (Å²) in [5.41, 5.74) is 34.7. The first-order valence-corrected chi connectivity index (χ1v) is 35.5.